The molecule has 4 nitrogen and oxygen atoms in total. The van der Waals surface area contributed by atoms with E-state index < -0.39 is 0 Å². The van der Waals surface area contributed by atoms with Gasteiger partial charge >= 0.3 is 0 Å². The van der Waals surface area contributed by atoms with Gasteiger partial charge in [-0.3, -0.25) is 0 Å². The lowest BCUT2D eigenvalue weighted by Gasteiger charge is -2.02. The fourth-order valence-corrected chi connectivity index (χ4v) is 3.12. The van der Waals surface area contributed by atoms with Gasteiger partial charge in [-0.1, -0.05) is 12.1 Å². The zero-order valence-corrected chi connectivity index (χ0v) is 13.8. The second kappa shape index (κ2) is 8.46. The topological polar surface area (TPSA) is 49.9 Å². The van der Waals surface area contributed by atoms with Gasteiger partial charge in [0.1, 0.15) is 5.82 Å². The molecule has 0 aliphatic rings. The molecule has 1 aromatic heterocycles. The molecule has 0 atom stereocenters. The van der Waals surface area contributed by atoms with Crippen LogP contribution in [0, 0.1) is 0 Å². The number of H-pyrrole nitrogens is 1. The van der Waals surface area contributed by atoms with Crippen LogP contribution in [0.15, 0.2) is 39.8 Å². The minimum Gasteiger partial charge on any atom is -0.383 e. The summed E-state index contributed by atoms with van der Waals surface area (Å²) in [6.07, 6.45) is 1.88. The van der Waals surface area contributed by atoms with Gasteiger partial charge in [-0.2, -0.15) is 0 Å². The second-order valence-electron chi connectivity index (χ2n) is 4.24. The molecule has 0 amide bonds. The van der Waals surface area contributed by atoms with Crippen LogP contribution in [0.5, 0.6) is 0 Å². The van der Waals surface area contributed by atoms with Crippen molar-refractivity contribution in [2.75, 3.05) is 20.3 Å². The summed E-state index contributed by atoms with van der Waals surface area (Å²) < 4.78 is 6.11. The summed E-state index contributed by atoms with van der Waals surface area (Å²) >= 11 is 5.32. The highest BCUT2D eigenvalue weighted by Gasteiger charge is 2.04. The molecule has 20 heavy (non-hydrogen) atoms. The van der Waals surface area contributed by atoms with Crippen molar-refractivity contribution < 1.29 is 4.74 Å². The van der Waals surface area contributed by atoms with E-state index in [1.54, 1.807) is 18.9 Å². The second-order valence-corrected chi connectivity index (χ2v) is 6.12. The first-order valence-corrected chi connectivity index (χ1v) is 8.17. The first-order valence-electron chi connectivity index (χ1n) is 6.39. The first-order chi connectivity index (χ1) is 9.79. The smallest absolute Gasteiger partial charge is 0.116 e. The maximum absolute atomic E-state index is 4.99. The number of nitrogens with zero attached hydrogens (tertiary/aromatic N) is 1. The maximum Gasteiger partial charge on any atom is 0.116 e. The molecular weight excluding hydrogens is 338 g/mol. The molecule has 2 N–H and O–H groups in total. The third-order valence-electron chi connectivity index (χ3n) is 2.68. The number of ether oxygens (including phenoxy) is 1. The Kier molecular flexibility index (Phi) is 6.59. The van der Waals surface area contributed by atoms with Gasteiger partial charge in [-0.15, -0.1) is 11.8 Å². The number of nitrogens with one attached hydrogen (secondary N) is 2. The SMILES string of the molecule is COCCNCc1cnc(CSc2ccccc2Br)[nH]1. The molecule has 0 saturated heterocycles. The zero-order valence-electron chi connectivity index (χ0n) is 11.4. The largest absolute Gasteiger partial charge is 0.383 e. The monoisotopic (exact) mass is 355 g/mol. The van der Waals surface area contributed by atoms with Crippen LogP contribution in [0.25, 0.3) is 0 Å². The fraction of sp³-hybridized carbons (Fsp3) is 0.357. The van der Waals surface area contributed by atoms with Gasteiger partial charge in [0.25, 0.3) is 0 Å². The maximum atomic E-state index is 4.99. The highest BCUT2D eigenvalue weighted by atomic mass is 79.9. The van der Waals surface area contributed by atoms with E-state index in [0.717, 1.165) is 41.4 Å². The lowest BCUT2D eigenvalue weighted by atomic mass is 10.4. The molecule has 0 fully saturated rings. The normalized spacial score (nSPS) is 10.9. The van der Waals surface area contributed by atoms with Gasteiger partial charge in [-0.25, -0.2) is 4.98 Å². The Morgan fingerprint density at radius 2 is 2.25 bits per heavy atom. The molecule has 0 radical (unpaired) electrons. The summed E-state index contributed by atoms with van der Waals surface area (Å²) in [5.74, 6) is 1.83. The number of thioether (sulfide) groups is 1. The number of benzene rings is 1. The Labute approximate surface area is 131 Å². The van der Waals surface area contributed by atoms with Crippen LogP contribution in [0.4, 0.5) is 0 Å². The molecule has 1 heterocycles. The van der Waals surface area contributed by atoms with Gasteiger partial charge in [0.05, 0.1) is 12.4 Å². The molecule has 0 bridgehead atoms. The van der Waals surface area contributed by atoms with Crippen molar-refractivity contribution in [3.05, 3.63) is 46.5 Å². The molecule has 0 spiro atoms. The minimum atomic E-state index is 0.721. The van der Waals surface area contributed by atoms with Crippen molar-refractivity contribution in [2.24, 2.45) is 0 Å². The Hall–Kier alpha value is -0.820. The average Bonchev–Trinajstić information content (AvgIpc) is 2.91. The molecule has 108 valence electrons. The molecule has 6 heteroatoms. The molecule has 0 saturated carbocycles. The summed E-state index contributed by atoms with van der Waals surface area (Å²) in [7, 11) is 1.70. The highest BCUT2D eigenvalue weighted by Crippen LogP contribution is 2.28. The van der Waals surface area contributed by atoms with E-state index in [4.69, 9.17) is 4.74 Å². The predicted octanol–water partition coefficient (Wildman–Crippen LogP) is 3.20. The van der Waals surface area contributed by atoms with Gasteiger partial charge in [-0.05, 0) is 28.1 Å². The van der Waals surface area contributed by atoms with Crippen molar-refractivity contribution >= 4 is 27.7 Å². The average molecular weight is 356 g/mol. The number of hydrogen-bond donors (Lipinski definition) is 2. The van der Waals surface area contributed by atoms with E-state index in [0.29, 0.717) is 0 Å². The number of aromatic nitrogens is 2. The van der Waals surface area contributed by atoms with E-state index in [2.05, 4.69) is 43.3 Å². The number of aromatic amines is 1. The lowest BCUT2D eigenvalue weighted by molar-refractivity contribution is 0.199. The van der Waals surface area contributed by atoms with Crippen LogP contribution in [0.1, 0.15) is 11.5 Å². The molecule has 1 aromatic carbocycles. The molecule has 2 rings (SSSR count). The molecule has 2 aromatic rings. The molecule has 0 aliphatic carbocycles. The minimum absolute atomic E-state index is 0.721. The number of imidazole rings is 1. The van der Waals surface area contributed by atoms with Crippen LogP contribution < -0.4 is 5.32 Å². The summed E-state index contributed by atoms with van der Waals surface area (Å²) in [4.78, 5) is 8.95. The standard InChI is InChI=1S/C14H18BrN3OS/c1-19-7-6-16-8-11-9-17-14(18-11)10-20-13-5-3-2-4-12(13)15/h2-5,9,16H,6-8,10H2,1H3,(H,17,18). The molecule has 0 aliphatic heterocycles. The lowest BCUT2D eigenvalue weighted by Crippen LogP contribution is -2.18. The van der Waals surface area contributed by atoms with Gasteiger partial charge in [0, 0.05) is 41.5 Å². The summed E-state index contributed by atoms with van der Waals surface area (Å²) in [5, 5.41) is 3.29. The highest BCUT2D eigenvalue weighted by molar-refractivity contribution is 9.10. The Bertz CT molecular complexity index is 533. The Balaban J connectivity index is 1.79. The van der Waals surface area contributed by atoms with E-state index in [-0.39, 0.29) is 0 Å². The summed E-state index contributed by atoms with van der Waals surface area (Å²) in [5.41, 5.74) is 1.10. The quantitative estimate of drug-likeness (QED) is 0.563. The third kappa shape index (κ3) is 4.94. The summed E-state index contributed by atoms with van der Waals surface area (Å²) in [6, 6.07) is 8.21. The van der Waals surface area contributed by atoms with Gasteiger partial charge in [0.15, 0.2) is 0 Å². The number of hydrogen-bond acceptors (Lipinski definition) is 4. The van der Waals surface area contributed by atoms with Gasteiger partial charge < -0.3 is 15.0 Å². The van der Waals surface area contributed by atoms with Crippen LogP contribution in [0.3, 0.4) is 0 Å². The molecule has 0 unspecified atom stereocenters. The predicted molar refractivity (Wildman–Crippen MR) is 85.9 cm³/mol. The van der Waals surface area contributed by atoms with Gasteiger partial charge in [0.2, 0.25) is 0 Å². The van der Waals surface area contributed by atoms with Crippen molar-refractivity contribution in [1.82, 2.24) is 15.3 Å². The van der Waals surface area contributed by atoms with Crippen LogP contribution in [0.2, 0.25) is 0 Å². The third-order valence-corrected chi connectivity index (χ3v) is 4.72. The van der Waals surface area contributed by atoms with Crippen LogP contribution >= 0.6 is 27.7 Å². The fourth-order valence-electron chi connectivity index (χ4n) is 1.67. The van der Waals surface area contributed by atoms with E-state index in [1.165, 1.54) is 4.90 Å². The summed E-state index contributed by atoms with van der Waals surface area (Å²) in [6.45, 7) is 2.35. The van der Waals surface area contributed by atoms with E-state index in [9.17, 15) is 0 Å². The van der Waals surface area contributed by atoms with E-state index >= 15 is 0 Å². The Morgan fingerprint density at radius 1 is 1.40 bits per heavy atom. The first kappa shape index (κ1) is 15.6. The molecular formula is C14H18BrN3OS. The zero-order chi connectivity index (χ0) is 14.2. The number of rotatable bonds is 8. The van der Waals surface area contributed by atoms with Crippen LogP contribution in [-0.4, -0.2) is 30.2 Å². The van der Waals surface area contributed by atoms with Crippen LogP contribution in [-0.2, 0) is 17.0 Å². The van der Waals surface area contributed by atoms with Crippen molar-refractivity contribution in [3.8, 4) is 0 Å². The van der Waals surface area contributed by atoms with Crippen molar-refractivity contribution in [1.29, 1.82) is 0 Å². The Morgan fingerprint density at radius 3 is 3.05 bits per heavy atom. The van der Waals surface area contributed by atoms with E-state index in [1.807, 2.05) is 18.3 Å². The number of halogens is 1. The van der Waals surface area contributed by atoms with Crippen molar-refractivity contribution in [3.63, 3.8) is 0 Å². The number of methoxy groups -OCH3 is 1. The van der Waals surface area contributed by atoms with Crippen molar-refractivity contribution in [2.45, 2.75) is 17.2 Å².